The molecule has 0 bridgehead atoms. The van der Waals surface area contributed by atoms with Crippen molar-refractivity contribution < 1.29 is 9.59 Å². The minimum Gasteiger partial charge on any atom is -0.334 e. The van der Waals surface area contributed by atoms with Crippen LogP contribution in [-0.2, 0) is 6.54 Å². The lowest BCUT2D eigenvalue weighted by Crippen LogP contribution is -2.34. The summed E-state index contributed by atoms with van der Waals surface area (Å²) in [6.07, 6.45) is 0. The number of carbonyl (C=O) groups is 2. The Morgan fingerprint density at radius 2 is 2.21 bits per heavy atom. The van der Waals surface area contributed by atoms with Crippen molar-refractivity contribution in [1.82, 2.24) is 5.32 Å². The van der Waals surface area contributed by atoms with E-state index in [1.165, 1.54) is 6.92 Å². The first-order chi connectivity index (χ1) is 6.68. The zero-order valence-corrected chi connectivity index (χ0v) is 7.76. The summed E-state index contributed by atoms with van der Waals surface area (Å²) in [6.45, 7) is 1.93. The first kappa shape index (κ1) is 8.74. The molecule has 4 heteroatoms. The smallest absolute Gasteiger partial charge is 0.319 e. The van der Waals surface area contributed by atoms with Gasteiger partial charge in [0.05, 0.1) is 0 Å². The van der Waals surface area contributed by atoms with Crippen LogP contribution in [0.2, 0.25) is 0 Å². The molecule has 1 aliphatic rings. The summed E-state index contributed by atoms with van der Waals surface area (Å²) < 4.78 is 0. The van der Waals surface area contributed by atoms with Gasteiger partial charge < -0.3 is 10.6 Å². The van der Waals surface area contributed by atoms with Crippen LogP contribution < -0.4 is 10.6 Å². The lowest BCUT2D eigenvalue weighted by Gasteiger charge is -2.19. The SMILES string of the molecule is CC(=O)c1cccc2c1CNC(=O)N2. The van der Waals surface area contributed by atoms with Crippen LogP contribution in [0.15, 0.2) is 18.2 Å². The molecule has 0 aromatic heterocycles. The Hall–Kier alpha value is -1.84. The molecule has 0 aliphatic carbocycles. The Morgan fingerprint density at radius 3 is 2.93 bits per heavy atom. The van der Waals surface area contributed by atoms with Gasteiger partial charge in [0.25, 0.3) is 0 Å². The zero-order chi connectivity index (χ0) is 10.1. The number of hydrogen-bond donors (Lipinski definition) is 2. The van der Waals surface area contributed by atoms with Gasteiger partial charge >= 0.3 is 6.03 Å². The van der Waals surface area contributed by atoms with Gasteiger partial charge in [-0.1, -0.05) is 12.1 Å². The molecule has 1 aliphatic heterocycles. The molecule has 0 saturated carbocycles. The molecule has 0 radical (unpaired) electrons. The van der Waals surface area contributed by atoms with Gasteiger partial charge in [0.2, 0.25) is 0 Å². The standard InChI is InChI=1S/C10H10N2O2/c1-6(13)7-3-2-4-9-8(7)5-11-10(14)12-9/h2-4H,5H2,1H3,(H2,11,12,14). The Balaban J connectivity index is 2.52. The summed E-state index contributed by atoms with van der Waals surface area (Å²) in [4.78, 5) is 22.3. The molecule has 0 spiro atoms. The highest BCUT2D eigenvalue weighted by Crippen LogP contribution is 2.22. The molecule has 0 saturated heterocycles. The first-order valence-corrected chi connectivity index (χ1v) is 4.36. The molecule has 14 heavy (non-hydrogen) atoms. The maximum absolute atomic E-state index is 11.3. The Kier molecular flexibility index (Phi) is 1.96. The van der Waals surface area contributed by atoms with Crippen molar-refractivity contribution in [2.75, 3.05) is 5.32 Å². The molecule has 4 nitrogen and oxygen atoms in total. The van der Waals surface area contributed by atoms with Gasteiger partial charge in [-0.15, -0.1) is 0 Å². The van der Waals surface area contributed by atoms with Crippen LogP contribution in [0.5, 0.6) is 0 Å². The third kappa shape index (κ3) is 1.35. The lowest BCUT2D eigenvalue weighted by molar-refractivity contribution is 0.101. The molecule has 0 fully saturated rings. The normalized spacial score (nSPS) is 13.9. The highest BCUT2D eigenvalue weighted by molar-refractivity contribution is 6.00. The predicted octanol–water partition coefficient (Wildman–Crippen LogP) is 1.52. The summed E-state index contributed by atoms with van der Waals surface area (Å²) in [7, 11) is 0. The molecule has 0 atom stereocenters. The topological polar surface area (TPSA) is 58.2 Å². The van der Waals surface area contributed by atoms with Crippen molar-refractivity contribution >= 4 is 17.5 Å². The number of anilines is 1. The Labute approximate surface area is 81.3 Å². The monoisotopic (exact) mass is 190 g/mol. The average Bonchev–Trinajstić information content (AvgIpc) is 2.16. The predicted molar refractivity (Wildman–Crippen MR) is 52.3 cm³/mol. The number of carbonyl (C=O) groups excluding carboxylic acids is 2. The maximum atomic E-state index is 11.3. The molecule has 72 valence electrons. The summed E-state index contributed by atoms with van der Waals surface area (Å²) in [5.74, 6) is 0.0137. The third-order valence-electron chi connectivity index (χ3n) is 2.23. The number of hydrogen-bond acceptors (Lipinski definition) is 2. The number of fused-ring (bicyclic) bond motifs is 1. The van der Waals surface area contributed by atoms with E-state index in [2.05, 4.69) is 10.6 Å². The van der Waals surface area contributed by atoms with Crippen LogP contribution in [0.25, 0.3) is 0 Å². The highest BCUT2D eigenvalue weighted by atomic mass is 16.2. The lowest BCUT2D eigenvalue weighted by atomic mass is 10.0. The summed E-state index contributed by atoms with van der Waals surface area (Å²) in [5.41, 5.74) is 2.25. The van der Waals surface area contributed by atoms with E-state index in [9.17, 15) is 9.59 Å². The second-order valence-corrected chi connectivity index (χ2v) is 3.20. The van der Waals surface area contributed by atoms with E-state index in [1.54, 1.807) is 18.2 Å². The molecule has 1 aromatic carbocycles. The quantitative estimate of drug-likeness (QED) is 0.659. The van der Waals surface area contributed by atoms with Crippen LogP contribution in [-0.4, -0.2) is 11.8 Å². The van der Waals surface area contributed by atoms with E-state index in [4.69, 9.17) is 0 Å². The van der Waals surface area contributed by atoms with Crippen LogP contribution in [0.1, 0.15) is 22.8 Å². The maximum Gasteiger partial charge on any atom is 0.319 e. The number of ketones is 1. The van der Waals surface area contributed by atoms with Gasteiger partial charge in [0.1, 0.15) is 0 Å². The van der Waals surface area contributed by atoms with Crippen molar-refractivity contribution in [3.05, 3.63) is 29.3 Å². The van der Waals surface area contributed by atoms with Crippen molar-refractivity contribution in [3.8, 4) is 0 Å². The van der Waals surface area contributed by atoms with Crippen molar-refractivity contribution in [2.45, 2.75) is 13.5 Å². The van der Waals surface area contributed by atoms with Crippen LogP contribution in [0.4, 0.5) is 10.5 Å². The molecule has 1 heterocycles. The summed E-state index contributed by atoms with van der Waals surface area (Å²) >= 11 is 0. The number of benzene rings is 1. The molecular formula is C10H10N2O2. The largest absolute Gasteiger partial charge is 0.334 e. The number of nitrogens with one attached hydrogen (secondary N) is 2. The molecule has 1 aromatic rings. The Morgan fingerprint density at radius 1 is 1.43 bits per heavy atom. The van der Waals surface area contributed by atoms with Gasteiger partial charge in [-0.25, -0.2) is 4.79 Å². The van der Waals surface area contributed by atoms with E-state index < -0.39 is 0 Å². The van der Waals surface area contributed by atoms with Gasteiger partial charge in [0, 0.05) is 23.4 Å². The number of urea groups is 1. The number of rotatable bonds is 1. The fourth-order valence-electron chi connectivity index (χ4n) is 1.56. The molecule has 0 unspecified atom stereocenters. The number of Topliss-reactive ketones (excluding diaryl/α,β-unsaturated/α-hetero) is 1. The highest BCUT2D eigenvalue weighted by Gasteiger charge is 2.17. The minimum atomic E-state index is -0.224. The summed E-state index contributed by atoms with van der Waals surface area (Å²) in [6, 6.07) is 5.10. The van der Waals surface area contributed by atoms with E-state index in [1.807, 2.05) is 0 Å². The molecule has 2 rings (SSSR count). The van der Waals surface area contributed by atoms with E-state index in [0.29, 0.717) is 12.1 Å². The molecule has 2 amide bonds. The van der Waals surface area contributed by atoms with Crippen molar-refractivity contribution in [1.29, 1.82) is 0 Å². The van der Waals surface area contributed by atoms with E-state index in [-0.39, 0.29) is 11.8 Å². The van der Waals surface area contributed by atoms with Gasteiger partial charge in [-0.2, -0.15) is 0 Å². The first-order valence-electron chi connectivity index (χ1n) is 4.36. The van der Waals surface area contributed by atoms with Crippen LogP contribution in [0.3, 0.4) is 0 Å². The fourth-order valence-corrected chi connectivity index (χ4v) is 1.56. The third-order valence-corrected chi connectivity index (χ3v) is 2.23. The van der Waals surface area contributed by atoms with Gasteiger partial charge in [-0.05, 0) is 13.0 Å². The molecule has 2 N–H and O–H groups in total. The van der Waals surface area contributed by atoms with E-state index in [0.717, 1.165) is 11.3 Å². The number of amides is 2. The fraction of sp³-hybridized carbons (Fsp3) is 0.200. The zero-order valence-electron chi connectivity index (χ0n) is 7.76. The second-order valence-electron chi connectivity index (χ2n) is 3.20. The average molecular weight is 190 g/mol. The molecular weight excluding hydrogens is 180 g/mol. The van der Waals surface area contributed by atoms with Crippen LogP contribution >= 0.6 is 0 Å². The second kappa shape index (κ2) is 3.14. The van der Waals surface area contributed by atoms with Crippen LogP contribution in [0, 0.1) is 0 Å². The van der Waals surface area contributed by atoms with Crippen molar-refractivity contribution in [2.24, 2.45) is 0 Å². The van der Waals surface area contributed by atoms with Gasteiger partial charge in [-0.3, -0.25) is 4.79 Å². The minimum absolute atomic E-state index is 0.0137. The van der Waals surface area contributed by atoms with E-state index >= 15 is 0 Å². The van der Waals surface area contributed by atoms with Gasteiger partial charge in [0.15, 0.2) is 5.78 Å². The van der Waals surface area contributed by atoms with Crippen molar-refractivity contribution in [3.63, 3.8) is 0 Å². The summed E-state index contributed by atoms with van der Waals surface area (Å²) in [5, 5.41) is 5.28. The Bertz CT molecular complexity index is 413.